The van der Waals surface area contributed by atoms with Gasteiger partial charge in [0.1, 0.15) is 13.2 Å². The molecule has 0 amide bonds. The Morgan fingerprint density at radius 3 is 0.803 bits per heavy atom. The molecular weight excluding hydrogens is 877 g/mol. The maximum atomic E-state index is 12.8. The van der Waals surface area contributed by atoms with Gasteiger partial charge in [0.25, 0.3) is 0 Å². The summed E-state index contributed by atoms with van der Waals surface area (Å²) in [6.45, 7) is 6.63. The molecule has 1 atom stereocenters. The van der Waals surface area contributed by atoms with Crippen LogP contribution in [-0.2, 0) is 28.6 Å². The lowest BCUT2D eigenvalue weighted by Gasteiger charge is -2.18. The number of unbranched alkanes of at least 4 members (excludes halogenated alkanes) is 38. The Morgan fingerprint density at radius 1 is 0.282 bits per heavy atom. The molecule has 0 radical (unpaired) electrons. The third kappa shape index (κ3) is 58.1. The summed E-state index contributed by atoms with van der Waals surface area (Å²) in [6.07, 6.45) is 74.1. The van der Waals surface area contributed by atoms with E-state index in [9.17, 15) is 14.4 Å². The maximum absolute atomic E-state index is 12.8. The molecule has 0 spiro atoms. The minimum Gasteiger partial charge on any atom is -0.462 e. The Morgan fingerprint density at radius 2 is 0.507 bits per heavy atom. The first-order valence-corrected chi connectivity index (χ1v) is 31.1. The van der Waals surface area contributed by atoms with E-state index in [1.807, 2.05) is 0 Å². The summed E-state index contributed by atoms with van der Waals surface area (Å²) in [7, 11) is 0. The van der Waals surface area contributed by atoms with E-state index in [0.29, 0.717) is 19.3 Å². The van der Waals surface area contributed by atoms with E-state index >= 15 is 0 Å². The van der Waals surface area contributed by atoms with Crippen molar-refractivity contribution < 1.29 is 28.6 Å². The number of rotatable bonds is 57. The van der Waals surface area contributed by atoms with Crippen LogP contribution in [0.5, 0.6) is 0 Å². The molecule has 0 heterocycles. The van der Waals surface area contributed by atoms with Gasteiger partial charge in [-0.25, -0.2) is 0 Å². The van der Waals surface area contributed by atoms with Crippen LogP contribution in [0.15, 0.2) is 48.6 Å². The summed E-state index contributed by atoms with van der Waals surface area (Å²) < 4.78 is 16.9. The van der Waals surface area contributed by atoms with E-state index in [1.165, 1.54) is 212 Å². The zero-order chi connectivity index (χ0) is 51.4. The van der Waals surface area contributed by atoms with Crippen LogP contribution in [0.25, 0.3) is 0 Å². The monoisotopic (exact) mass is 995 g/mol. The van der Waals surface area contributed by atoms with Crippen molar-refractivity contribution in [1.82, 2.24) is 0 Å². The number of esters is 3. The van der Waals surface area contributed by atoms with Crippen LogP contribution < -0.4 is 0 Å². The van der Waals surface area contributed by atoms with Gasteiger partial charge in [-0.2, -0.15) is 0 Å². The van der Waals surface area contributed by atoms with E-state index < -0.39 is 6.10 Å². The van der Waals surface area contributed by atoms with E-state index in [0.717, 1.165) is 77.0 Å². The third-order valence-corrected chi connectivity index (χ3v) is 13.8. The first kappa shape index (κ1) is 68.4. The summed E-state index contributed by atoms with van der Waals surface area (Å²) in [5.74, 6) is -0.868. The molecule has 0 aliphatic rings. The second kappa shape index (κ2) is 59.9. The second-order valence-corrected chi connectivity index (χ2v) is 21.0. The number of ether oxygens (including phenoxy) is 3. The van der Waals surface area contributed by atoms with Crippen molar-refractivity contribution in [2.75, 3.05) is 13.2 Å². The summed E-state index contributed by atoms with van der Waals surface area (Å²) in [5.41, 5.74) is 0. The molecular formula is C65H118O6. The predicted molar refractivity (Wildman–Crippen MR) is 307 cm³/mol. The summed E-state index contributed by atoms with van der Waals surface area (Å²) in [5, 5.41) is 0. The van der Waals surface area contributed by atoms with Crippen molar-refractivity contribution in [1.29, 1.82) is 0 Å². The third-order valence-electron chi connectivity index (χ3n) is 13.8. The molecule has 0 saturated carbocycles. The van der Waals surface area contributed by atoms with Crippen LogP contribution in [0.4, 0.5) is 0 Å². The second-order valence-electron chi connectivity index (χ2n) is 21.0. The number of hydrogen-bond acceptors (Lipinski definition) is 6. The van der Waals surface area contributed by atoms with E-state index in [1.54, 1.807) is 0 Å². The van der Waals surface area contributed by atoms with Gasteiger partial charge in [0.15, 0.2) is 6.10 Å². The average Bonchev–Trinajstić information content (AvgIpc) is 3.37. The van der Waals surface area contributed by atoms with Crippen LogP contribution in [0, 0.1) is 0 Å². The molecule has 0 saturated heterocycles. The normalized spacial score (nSPS) is 12.3. The van der Waals surface area contributed by atoms with E-state index in [2.05, 4.69) is 69.4 Å². The van der Waals surface area contributed by atoms with Gasteiger partial charge in [0, 0.05) is 19.3 Å². The van der Waals surface area contributed by atoms with Crippen molar-refractivity contribution in [3.05, 3.63) is 48.6 Å². The zero-order valence-electron chi connectivity index (χ0n) is 47.5. The Labute approximate surface area is 441 Å². The topological polar surface area (TPSA) is 78.9 Å². The molecule has 6 heteroatoms. The van der Waals surface area contributed by atoms with Crippen LogP contribution in [-0.4, -0.2) is 37.2 Å². The fourth-order valence-electron chi connectivity index (χ4n) is 9.09. The molecule has 1 unspecified atom stereocenters. The fourth-order valence-corrected chi connectivity index (χ4v) is 9.09. The van der Waals surface area contributed by atoms with Gasteiger partial charge in [-0.3, -0.25) is 14.4 Å². The first-order valence-electron chi connectivity index (χ1n) is 31.1. The molecule has 0 bridgehead atoms. The number of carbonyl (C=O) groups is 3. The minimum atomic E-state index is -0.774. The first-order chi connectivity index (χ1) is 35.0. The van der Waals surface area contributed by atoms with Gasteiger partial charge < -0.3 is 14.2 Å². The molecule has 0 N–H and O–H groups in total. The Kier molecular flexibility index (Phi) is 57.7. The summed E-state index contributed by atoms with van der Waals surface area (Å²) >= 11 is 0. The molecule has 414 valence electrons. The van der Waals surface area contributed by atoms with Gasteiger partial charge >= 0.3 is 17.9 Å². The lowest BCUT2D eigenvalue weighted by Crippen LogP contribution is -2.30. The standard InChI is InChI=1S/C65H118O6/c1-4-7-10-13-16-19-22-24-26-27-28-29-30-31-32-33-34-35-36-37-38-39-40-42-43-46-49-52-55-58-64(67)70-61-62(60-69-63(66)57-54-51-48-45-21-18-15-12-9-6-3)71-65(68)59-56-53-50-47-44-41-25-23-20-17-14-11-8-5-2/h22-25,27-28,30-31,62H,4-21,26,29,32-61H2,1-3H3/b24-22-,25-23-,28-27-,31-30-. The average molecular weight is 996 g/mol. The number of hydrogen-bond donors (Lipinski definition) is 0. The van der Waals surface area contributed by atoms with E-state index in [4.69, 9.17) is 14.2 Å². The quantitative estimate of drug-likeness (QED) is 0.0261. The highest BCUT2D eigenvalue weighted by Gasteiger charge is 2.19. The molecule has 0 aliphatic heterocycles. The van der Waals surface area contributed by atoms with Crippen molar-refractivity contribution >= 4 is 17.9 Å². The van der Waals surface area contributed by atoms with Gasteiger partial charge in [-0.15, -0.1) is 0 Å². The minimum absolute atomic E-state index is 0.0727. The molecule has 6 nitrogen and oxygen atoms in total. The van der Waals surface area contributed by atoms with Crippen molar-refractivity contribution in [3.63, 3.8) is 0 Å². The number of carbonyl (C=O) groups excluding carboxylic acids is 3. The van der Waals surface area contributed by atoms with Crippen LogP contribution in [0.2, 0.25) is 0 Å². The smallest absolute Gasteiger partial charge is 0.306 e. The van der Waals surface area contributed by atoms with Gasteiger partial charge in [-0.1, -0.05) is 275 Å². The predicted octanol–water partition coefficient (Wildman–Crippen LogP) is 21.0. The lowest BCUT2D eigenvalue weighted by molar-refractivity contribution is -0.167. The molecule has 0 aliphatic carbocycles. The zero-order valence-corrected chi connectivity index (χ0v) is 47.5. The highest BCUT2D eigenvalue weighted by molar-refractivity contribution is 5.71. The van der Waals surface area contributed by atoms with Crippen molar-refractivity contribution in [2.45, 2.75) is 335 Å². The van der Waals surface area contributed by atoms with Crippen molar-refractivity contribution in [2.24, 2.45) is 0 Å². The fraction of sp³-hybridized carbons (Fsp3) is 0.831. The van der Waals surface area contributed by atoms with Crippen molar-refractivity contribution in [3.8, 4) is 0 Å². The van der Waals surface area contributed by atoms with Crippen LogP contribution >= 0.6 is 0 Å². The Balaban J connectivity index is 4.13. The molecule has 0 aromatic carbocycles. The highest BCUT2D eigenvalue weighted by atomic mass is 16.6. The van der Waals surface area contributed by atoms with Gasteiger partial charge in [0.2, 0.25) is 0 Å². The summed E-state index contributed by atoms with van der Waals surface area (Å²) in [4.78, 5) is 38.1. The Bertz CT molecular complexity index is 1230. The molecule has 0 aromatic heterocycles. The molecule has 0 aromatic rings. The van der Waals surface area contributed by atoms with Crippen LogP contribution in [0.1, 0.15) is 329 Å². The van der Waals surface area contributed by atoms with Gasteiger partial charge in [-0.05, 0) is 83.5 Å². The maximum Gasteiger partial charge on any atom is 0.306 e. The molecule has 0 rings (SSSR count). The number of allylic oxidation sites excluding steroid dienone is 8. The largest absolute Gasteiger partial charge is 0.462 e. The van der Waals surface area contributed by atoms with Crippen LogP contribution in [0.3, 0.4) is 0 Å². The SMILES string of the molecule is CCCCCCC/C=C\C/C=C\C/C=C\CCCCCCCCCCCCCCCCC(=O)OCC(COC(=O)CCCCCCCCCCCC)OC(=O)CCCCCCC/C=C\CCCCCCC. The lowest BCUT2D eigenvalue weighted by atomic mass is 10.0. The van der Waals surface area contributed by atoms with Gasteiger partial charge in [0.05, 0.1) is 0 Å². The Hall–Kier alpha value is -2.63. The van der Waals surface area contributed by atoms with E-state index in [-0.39, 0.29) is 31.1 Å². The molecule has 71 heavy (non-hydrogen) atoms. The highest BCUT2D eigenvalue weighted by Crippen LogP contribution is 2.17. The summed E-state index contributed by atoms with van der Waals surface area (Å²) in [6, 6.07) is 0. The molecule has 0 fully saturated rings.